The zero-order chi connectivity index (χ0) is 12.8. The molecule has 0 spiro atoms. The average Bonchev–Trinajstić information content (AvgIpc) is 2.46. The van der Waals surface area contributed by atoms with Crippen LogP contribution in [-0.4, -0.2) is 17.1 Å². The minimum absolute atomic E-state index is 0.0453. The minimum atomic E-state index is -0.0453. The number of nitrogens with one attached hydrogen (secondary N) is 1. The molecule has 0 radical (unpaired) electrons. The molecule has 0 aromatic carbocycles. The van der Waals surface area contributed by atoms with E-state index in [1.807, 2.05) is 24.3 Å². The number of hydrogen-bond donors (Lipinski definition) is 2. The molecule has 18 heavy (non-hydrogen) atoms. The highest BCUT2D eigenvalue weighted by molar-refractivity contribution is 5.30. The van der Waals surface area contributed by atoms with E-state index >= 15 is 0 Å². The third kappa shape index (κ3) is 2.82. The first kappa shape index (κ1) is 12.5. The largest absolute Gasteiger partial charge is 0.481 e. The Labute approximate surface area is 106 Å². The van der Waals surface area contributed by atoms with Crippen LogP contribution in [0.1, 0.15) is 17.2 Å². The predicted molar refractivity (Wildman–Crippen MR) is 68.8 cm³/mol. The molecule has 5 heteroatoms. The molecule has 2 aromatic rings. The van der Waals surface area contributed by atoms with Crippen LogP contribution in [0.4, 0.5) is 0 Å². The summed E-state index contributed by atoms with van der Waals surface area (Å²) in [5.74, 6) is 6.22. The number of hydrogen-bond acceptors (Lipinski definition) is 5. The second kappa shape index (κ2) is 6.09. The number of methoxy groups -OCH3 is 1. The Morgan fingerprint density at radius 3 is 2.72 bits per heavy atom. The van der Waals surface area contributed by atoms with E-state index in [1.54, 1.807) is 25.7 Å². The lowest BCUT2D eigenvalue weighted by atomic mass is 10.0. The summed E-state index contributed by atoms with van der Waals surface area (Å²) >= 11 is 0. The zero-order valence-electron chi connectivity index (χ0n) is 10.2. The van der Waals surface area contributed by atoms with E-state index in [1.165, 1.54) is 0 Å². The van der Waals surface area contributed by atoms with E-state index < -0.39 is 0 Å². The Balaban J connectivity index is 2.23. The first-order valence-corrected chi connectivity index (χ1v) is 5.69. The van der Waals surface area contributed by atoms with Crippen LogP contribution < -0.4 is 16.0 Å². The van der Waals surface area contributed by atoms with Crippen LogP contribution in [0.5, 0.6) is 5.88 Å². The maximum Gasteiger partial charge on any atom is 0.217 e. The van der Waals surface area contributed by atoms with Gasteiger partial charge in [0.05, 0.1) is 13.2 Å². The van der Waals surface area contributed by atoms with Gasteiger partial charge in [-0.1, -0.05) is 6.07 Å². The molecule has 0 aliphatic heterocycles. The van der Waals surface area contributed by atoms with Gasteiger partial charge < -0.3 is 4.74 Å². The summed E-state index contributed by atoms with van der Waals surface area (Å²) in [6.45, 7) is 0. The molecule has 0 aliphatic rings. The van der Waals surface area contributed by atoms with Crippen molar-refractivity contribution >= 4 is 0 Å². The smallest absolute Gasteiger partial charge is 0.217 e. The minimum Gasteiger partial charge on any atom is -0.481 e. The lowest BCUT2D eigenvalue weighted by Gasteiger charge is -2.18. The van der Waals surface area contributed by atoms with Gasteiger partial charge in [0, 0.05) is 24.2 Å². The van der Waals surface area contributed by atoms with Crippen LogP contribution in [0, 0.1) is 0 Å². The zero-order valence-corrected chi connectivity index (χ0v) is 10.2. The molecule has 2 aromatic heterocycles. The van der Waals surface area contributed by atoms with Crippen LogP contribution in [0.25, 0.3) is 0 Å². The van der Waals surface area contributed by atoms with Gasteiger partial charge in [-0.15, -0.1) is 0 Å². The molecule has 5 nitrogen and oxygen atoms in total. The molecule has 0 saturated heterocycles. The van der Waals surface area contributed by atoms with Crippen LogP contribution >= 0.6 is 0 Å². The van der Waals surface area contributed by atoms with Crippen molar-refractivity contribution in [3.05, 3.63) is 54.0 Å². The van der Waals surface area contributed by atoms with E-state index in [0.29, 0.717) is 5.88 Å². The molecule has 0 saturated carbocycles. The molecule has 2 heterocycles. The lowest BCUT2D eigenvalue weighted by molar-refractivity contribution is 0.382. The van der Waals surface area contributed by atoms with Gasteiger partial charge in [-0.05, 0) is 30.2 Å². The third-order valence-electron chi connectivity index (χ3n) is 2.76. The number of aromatic nitrogens is 2. The number of pyridine rings is 2. The Kier molecular flexibility index (Phi) is 4.22. The van der Waals surface area contributed by atoms with Gasteiger partial charge in [-0.3, -0.25) is 16.3 Å². The molecule has 0 bridgehead atoms. The fourth-order valence-electron chi connectivity index (χ4n) is 1.85. The van der Waals surface area contributed by atoms with Crippen LogP contribution in [0.15, 0.2) is 42.9 Å². The Hall–Kier alpha value is -1.98. The lowest BCUT2D eigenvalue weighted by Crippen LogP contribution is -2.30. The molecule has 3 N–H and O–H groups in total. The van der Waals surface area contributed by atoms with Crippen LogP contribution in [0.2, 0.25) is 0 Å². The van der Waals surface area contributed by atoms with Crippen molar-refractivity contribution in [1.29, 1.82) is 0 Å². The quantitative estimate of drug-likeness (QED) is 0.611. The van der Waals surface area contributed by atoms with E-state index in [4.69, 9.17) is 10.6 Å². The van der Waals surface area contributed by atoms with Crippen molar-refractivity contribution in [1.82, 2.24) is 15.4 Å². The fraction of sp³-hybridized carbons (Fsp3) is 0.231. The summed E-state index contributed by atoms with van der Waals surface area (Å²) in [6, 6.07) is 7.71. The Bertz CT molecular complexity index is 489. The van der Waals surface area contributed by atoms with Crippen molar-refractivity contribution in [3.63, 3.8) is 0 Å². The van der Waals surface area contributed by atoms with E-state index in [2.05, 4.69) is 15.4 Å². The first-order chi connectivity index (χ1) is 8.85. The highest BCUT2D eigenvalue weighted by Crippen LogP contribution is 2.24. The average molecular weight is 244 g/mol. The summed E-state index contributed by atoms with van der Waals surface area (Å²) < 4.78 is 5.25. The molecule has 0 aliphatic carbocycles. The van der Waals surface area contributed by atoms with Gasteiger partial charge in [0.25, 0.3) is 0 Å². The molecule has 1 atom stereocenters. The van der Waals surface area contributed by atoms with E-state index in [9.17, 15) is 0 Å². The monoisotopic (exact) mass is 244 g/mol. The van der Waals surface area contributed by atoms with Crippen molar-refractivity contribution in [2.24, 2.45) is 5.84 Å². The summed E-state index contributed by atoms with van der Waals surface area (Å²) in [5, 5.41) is 0. The molecular formula is C13H16N4O. The van der Waals surface area contributed by atoms with Crippen molar-refractivity contribution in [3.8, 4) is 5.88 Å². The number of hydrazine groups is 1. The van der Waals surface area contributed by atoms with Crippen LogP contribution in [-0.2, 0) is 6.42 Å². The highest BCUT2D eigenvalue weighted by Gasteiger charge is 2.15. The summed E-state index contributed by atoms with van der Waals surface area (Å²) in [5.41, 5.74) is 4.90. The van der Waals surface area contributed by atoms with Gasteiger partial charge in [0.1, 0.15) is 0 Å². The summed E-state index contributed by atoms with van der Waals surface area (Å²) in [7, 11) is 1.60. The van der Waals surface area contributed by atoms with Gasteiger partial charge >= 0.3 is 0 Å². The van der Waals surface area contributed by atoms with E-state index in [0.717, 1.165) is 17.5 Å². The van der Waals surface area contributed by atoms with Gasteiger partial charge in [0.2, 0.25) is 5.88 Å². The van der Waals surface area contributed by atoms with Crippen LogP contribution in [0.3, 0.4) is 0 Å². The van der Waals surface area contributed by atoms with Crippen molar-refractivity contribution in [2.75, 3.05) is 7.11 Å². The number of nitrogens with zero attached hydrogens (tertiary/aromatic N) is 2. The van der Waals surface area contributed by atoms with Gasteiger partial charge in [0.15, 0.2) is 0 Å². The standard InChI is InChI=1S/C13H16N4O/c1-18-13-11(3-2-6-16-13)12(17-14)9-10-4-7-15-8-5-10/h2-8,12,17H,9,14H2,1H3. The molecular weight excluding hydrogens is 228 g/mol. The fourth-order valence-corrected chi connectivity index (χ4v) is 1.85. The topological polar surface area (TPSA) is 73.1 Å². The molecule has 94 valence electrons. The van der Waals surface area contributed by atoms with Gasteiger partial charge in [-0.2, -0.15) is 0 Å². The molecule has 0 fully saturated rings. The second-order valence-electron chi connectivity index (χ2n) is 3.88. The Morgan fingerprint density at radius 2 is 2.06 bits per heavy atom. The number of nitrogens with two attached hydrogens (primary N) is 1. The number of ether oxygens (including phenoxy) is 1. The van der Waals surface area contributed by atoms with Gasteiger partial charge in [-0.25, -0.2) is 4.98 Å². The van der Waals surface area contributed by atoms with Crippen molar-refractivity contribution < 1.29 is 4.74 Å². The maximum absolute atomic E-state index is 5.63. The van der Waals surface area contributed by atoms with E-state index in [-0.39, 0.29) is 6.04 Å². The molecule has 1 unspecified atom stereocenters. The first-order valence-electron chi connectivity index (χ1n) is 5.69. The predicted octanol–water partition coefficient (Wildman–Crippen LogP) is 1.23. The molecule has 0 amide bonds. The Morgan fingerprint density at radius 1 is 1.28 bits per heavy atom. The van der Waals surface area contributed by atoms with Crippen molar-refractivity contribution in [2.45, 2.75) is 12.5 Å². The summed E-state index contributed by atoms with van der Waals surface area (Å²) in [6.07, 6.45) is 5.98. The summed E-state index contributed by atoms with van der Waals surface area (Å²) in [4.78, 5) is 8.17. The second-order valence-corrected chi connectivity index (χ2v) is 3.88. The third-order valence-corrected chi connectivity index (χ3v) is 2.76. The maximum atomic E-state index is 5.63. The molecule has 2 rings (SSSR count). The normalized spacial score (nSPS) is 12.1. The highest BCUT2D eigenvalue weighted by atomic mass is 16.5. The SMILES string of the molecule is COc1ncccc1C(Cc1ccncc1)NN. The number of rotatable bonds is 5.